The smallest absolute Gasteiger partial charge is 0.407 e. The van der Waals surface area contributed by atoms with E-state index in [-0.39, 0.29) is 6.04 Å². The van der Waals surface area contributed by atoms with Gasteiger partial charge in [-0.05, 0) is 46.6 Å². The summed E-state index contributed by atoms with van der Waals surface area (Å²) >= 11 is 2.18. The Morgan fingerprint density at radius 1 is 1.50 bits per heavy atom. The maximum absolute atomic E-state index is 11.4. The molecule has 110 valence electrons. The van der Waals surface area contributed by atoms with Gasteiger partial charge in [0.2, 0.25) is 0 Å². The Kier molecular flexibility index (Phi) is 4.59. The van der Waals surface area contributed by atoms with Crippen LogP contribution in [0.3, 0.4) is 0 Å². The molecule has 0 radical (unpaired) electrons. The summed E-state index contributed by atoms with van der Waals surface area (Å²) in [5, 5.41) is 20.1. The highest BCUT2D eigenvalue weighted by Crippen LogP contribution is 2.50. The van der Waals surface area contributed by atoms with E-state index in [4.69, 9.17) is 0 Å². The summed E-state index contributed by atoms with van der Waals surface area (Å²) in [7, 11) is 0. The van der Waals surface area contributed by atoms with Crippen LogP contribution in [0.25, 0.3) is 0 Å². The molecule has 20 heavy (non-hydrogen) atoms. The van der Waals surface area contributed by atoms with Crippen LogP contribution in [0.1, 0.15) is 32.3 Å². The zero-order chi connectivity index (χ0) is 14.9. The lowest BCUT2D eigenvalue weighted by Crippen LogP contribution is -2.37. The molecule has 2 N–H and O–H groups in total. The Bertz CT molecular complexity index is 506. The van der Waals surface area contributed by atoms with Crippen LogP contribution in [0.15, 0.2) is 24.3 Å². The minimum absolute atomic E-state index is 0.324. The van der Waals surface area contributed by atoms with Crippen molar-refractivity contribution in [2.75, 3.05) is 6.54 Å². The van der Waals surface area contributed by atoms with E-state index in [0.717, 1.165) is 15.6 Å². The van der Waals surface area contributed by atoms with Crippen molar-refractivity contribution in [2.45, 2.75) is 38.3 Å². The predicted octanol–water partition coefficient (Wildman–Crippen LogP) is 3.28. The van der Waals surface area contributed by atoms with Crippen LogP contribution in [-0.4, -0.2) is 33.8 Å². The largest absolute Gasteiger partial charge is 0.465 e. The van der Waals surface area contributed by atoms with E-state index < -0.39 is 11.7 Å². The molecule has 5 heteroatoms. The highest BCUT2D eigenvalue weighted by molar-refractivity contribution is 14.1. The molecule has 0 saturated heterocycles. The molecule has 4 nitrogen and oxygen atoms in total. The molecule has 2 rings (SSSR count). The van der Waals surface area contributed by atoms with Crippen LogP contribution in [0, 0.1) is 9.49 Å². The Hall–Kier alpha value is -0.820. The third-order valence-electron chi connectivity index (χ3n) is 3.81. The fourth-order valence-corrected chi connectivity index (χ4v) is 3.34. The van der Waals surface area contributed by atoms with Crippen LogP contribution in [0.2, 0.25) is 0 Å². The third-order valence-corrected chi connectivity index (χ3v) is 4.75. The van der Waals surface area contributed by atoms with E-state index in [9.17, 15) is 15.0 Å². The van der Waals surface area contributed by atoms with Crippen LogP contribution in [0.5, 0.6) is 0 Å². The number of benzene rings is 1. The second-order valence-electron chi connectivity index (χ2n) is 5.78. The second kappa shape index (κ2) is 5.89. The molecule has 0 spiro atoms. The number of aliphatic hydroxyl groups is 1. The molecule has 1 saturated carbocycles. The lowest BCUT2D eigenvalue weighted by atomic mass is 10.1. The molecule has 0 aliphatic heterocycles. The topological polar surface area (TPSA) is 60.8 Å². The van der Waals surface area contributed by atoms with E-state index in [1.165, 1.54) is 4.90 Å². The van der Waals surface area contributed by atoms with Crippen molar-refractivity contribution in [1.82, 2.24) is 4.90 Å². The fraction of sp³-hybridized carbons (Fsp3) is 0.533. The molecule has 0 heterocycles. The highest BCUT2D eigenvalue weighted by atomic mass is 127. The molecule has 1 aromatic rings. The van der Waals surface area contributed by atoms with Crippen molar-refractivity contribution in [3.8, 4) is 0 Å². The van der Waals surface area contributed by atoms with Crippen LogP contribution in [-0.2, 0) is 5.60 Å². The lowest BCUT2D eigenvalue weighted by Gasteiger charge is -2.23. The average molecular weight is 389 g/mol. The average Bonchev–Trinajstić information content (AvgIpc) is 3.02. The minimum Gasteiger partial charge on any atom is -0.465 e. The molecule has 2 atom stereocenters. The lowest BCUT2D eigenvalue weighted by molar-refractivity contribution is 0.0871. The maximum atomic E-state index is 11.4. The van der Waals surface area contributed by atoms with Gasteiger partial charge < -0.3 is 15.1 Å². The molecule has 0 unspecified atom stereocenters. The van der Waals surface area contributed by atoms with E-state index in [1.54, 1.807) is 0 Å². The maximum Gasteiger partial charge on any atom is 0.407 e. The van der Waals surface area contributed by atoms with Gasteiger partial charge in [0.05, 0.1) is 6.04 Å². The molecule has 1 aliphatic rings. The van der Waals surface area contributed by atoms with E-state index in [0.29, 0.717) is 18.9 Å². The van der Waals surface area contributed by atoms with Crippen LogP contribution in [0.4, 0.5) is 4.79 Å². The summed E-state index contributed by atoms with van der Waals surface area (Å²) in [4.78, 5) is 12.8. The van der Waals surface area contributed by atoms with Gasteiger partial charge in [-0.2, -0.15) is 0 Å². The Morgan fingerprint density at radius 2 is 2.15 bits per heavy atom. The van der Waals surface area contributed by atoms with Gasteiger partial charge in [-0.1, -0.05) is 32.0 Å². The van der Waals surface area contributed by atoms with Crippen molar-refractivity contribution in [3.63, 3.8) is 0 Å². The van der Waals surface area contributed by atoms with Crippen molar-refractivity contribution < 1.29 is 15.0 Å². The number of rotatable bonds is 5. The van der Waals surface area contributed by atoms with Gasteiger partial charge in [-0.15, -0.1) is 0 Å². The number of carboxylic acid groups (broad SMARTS) is 1. The highest BCUT2D eigenvalue weighted by Gasteiger charge is 2.59. The van der Waals surface area contributed by atoms with Gasteiger partial charge in [-0.25, -0.2) is 4.79 Å². The third kappa shape index (κ3) is 3.09. The normalized spacial score (nSPS) is 24.8. The summed E-state index contributed by atoms with van der Waals surface area (Å²) in [6.45, 7) is 4.61. The van der Waals surface area contributed by atoms with Crippen molar-refractivity contribution in [1.29, 1.82) is 0 Å². The molecule has 1 amide bonds. The van der Waals surface area contributed by atoms with E-state index >= 15 is 0 Å². The number of hydrogen-bond donors (Lipinski definition) is 2. The van der Waals surface area contributed by atoms with E-state index in [2.05, 4.69) is 36.4 Å². The summed E-state index contributed by atoms with van der Waals surface area (Å²) in [6.07, 6.45) is 0.347. The van der Waals surface area contributed by atoms with Crippen LogP contribution >= 0.6 is 22.6 Å². The quantitative estimate of drug-likeness (QED) is 0.760. The first-order valence-electron chi connectivity index (χ1n) is 6.83. The molecule has 0 aromatic heterocycles. The summed E-state index contributed by atoms with van der Waals surface area (Å²) in [6, 6.07) is 7.28. The monoisotopic (exact) mass is 389 g/mol. The number of nitrogens with zero attached hydrogens (tertiary/aromatic N) is 1. The fourth-order valence-electron chi connectivity index (χ4n) is 2.49. The number of hydrogen-bond acceptors (Lipinski definition) is 2. The van der Waals surface area contributed by atoms with E-state index in [1.807, 2.05) is 24.3 Å². The zero-order valence-corrected chi connectivity index (χ0v) is 13.9. The number of amides is 1. The predicted molar refractivity (Wildman–Crippen MR) is 85.6 cm³/mol. The van der Waals surface area contributed by atoms with Crippen molar-refractivity contribution in [2.24, 2.45) is 5.92 Å². The number of carbonyl (C=O) groups is 1. The second-order valence-corrected chi connectivity index (χ2v) is 6.94. The van der Waals surface area contributed by atoms with Gasteiger partial charge in [-0.3, -0.25) is 0 Å². The molecular formula is C15H20INO3. The van der Waals surface area contributed by atoms with Gasteiger partial charge in [0.25, 0.3) is 0 Å². The Labute approximate surface area is 132 Å². The first-order valence-corrected chi connectivity index (χ1v) is 7.91. The molecule has 1 aliphatic carbocycles. The van der Waals surface area contributed by atoms with Gasteiger partial charge in [0, 0.05) is 16.5 Å². The Balaban J connectivity index is 2.14. The van der Waals surface area contributed by atoms with Gasteiger partial charge in [0.15, 0.2) is 0 Å². The first-order chi connectivity index (χ1) is 9.36. The standard InChI is InChI=1S/C15H20INO3/c1-10(2)7-8-17(14(18)19)13-9-15(13,20)11-5-3-4-6-12(11)16/h3-6,10,13,20H,7-9H2,1-2H3,(H,18,19)/t13-,15-/m0/s1. The number of halogens is 1. The SMILES string of the molecule is CC(C)CCN(C(=O)O)[C@H]1C[C@]1(O)c1ccccc1I. The summed E-state index contributed by atoms with van der Waals surface area (Å²) in [5.41, 5.74) is -0.186. The zero-order valence-electron chi connectivity index (χ0n) is 11.7. The Morgan fingerprint density at radius 3 is 2.70 bits per heavy atom. The van der Waals surface area contributed by atoms with Crippen molar-refractivity contribution >= 4 is 28.7 Å². The van der Waals surface area contributed by atoms with Crippen molar-refractivity contribution in [3.05, 3.63) is 33.4 Å². The molecular weight excluding hydrogens is 369 g/mol. The molecule has 0 bridgehead atoms. The van der Waals surface area contributed by atoms with Gasteiger partial charge >= 0.3 is 6.09 Å². The minimum atomic E-state index is -1.02. The molecule has 1 aromatic carbocycles. The molecule has 1 fully saturated rings. The van der Waals surface area contributed by atoms with Crippen LogP contribution < -0.4 is 0 Å². The summed E-state index contributed by atoms with van der Waals surface area (Å²) < 4.78 is 0.976. The van der Waals surface area contributed by atoms with Gasteiger partial charge in [0.1, 0.15) is 5.60 Å². The first kappa shape index (κ1) is 15.6. The summed E-state index contributed by atoms with van der Waals surface area (Å²) in [5.74, 6) is 0.445.